The number of carbonyl (C=O) groups excluding carboxylic acids is 1. The summed E-state index contributed by atoms with van der Waals surface area (Å²) in [4.78, 5) is 17.3. The predicted octanol–water partition coefficient (Wildman–Crippen LogP) is 3.08. The smallest absolute Gasteiger partial charge is 0.237 e. The van der Waals surface area contributed by atoms with E-state index in [9.17, 15) is 4.79 Å². The van der Waals surface area contributed by atoms with Crippen molar-refractivity contribution in [2.24, 2.45) is 0 Å². The highest BCUT2D eigenvalue weighted by atomic mass is 16.5. The standard InChI is InChI=1S/C22H29N3O2/c1-17(19-8-5-4-6-9-19)23-22(26)18(2)24-12-14-25(15-13-24)20-10-7-11-21(16-20)27-3/h4-11,16-18H,12-15H2,1-3H3,(H,23,26)/t17-,18-/m0/s1. The SMILES string of the molecule is COc1cccc(N2CCN([C@@H](C)C(=O)N[C@@H](C)c3ccccc3)CC2)c1. The lowest BCUT2D eigenvalue weighted by atomic mass is 10.1. The molecule has 1 aliphatic rings. The van der Waals surface area contributed by atoms with Crippen LogP contribution in [0.1, 0.15) is 25.5 Å². The second-order valence-electron chi connectivity index (χ2n) is 7.04. The van der Waals surface area contributed by atoms with Gasteiger partial charge in [-0.05, 0) is 31.5 Å². The summed E-state index contributed by atoms with van der Waals surface area (Å²) in [6.07, 6.45) is 0. The van der Waals surface area contributed by atoms with E-state index in [0.717, 1.165) is 37.5 Å². The Morgan fingerprint density at radius 1 is 1.00 bits per heavy atom. The van der Waals surface area contributed by atoms with Gasteiger partial charge in [-0.1, -0.05) is 36.4 Å². The van der Waals surface area contributed by atoms with Crippen LogP contribution in [0, 0.1) is 0 Å². The molecule has 5 nitrogen and oxygen atoms in total. The largest absolute Gasteiger partial charge is 0.497 e. The van der Waals surface area contributed by atoms with Crippen molar-refractivity contribution < 1.29 is 9.53 Å². The Balaban J connectivity index is 1.53. The molecule has 27 heavy (non-hydrogen) atoms. The van der Waals surface area contributed by atoms with Crippen molar-refractivity contribution in [3.05, 3.63) is 60.2 Å². The van der Waals surface area contributed by atoms with Crippen molar-refractivity contribution in [1.82, 2.24) is 10.2 Å². The van der Waals surface area contributed by atoms with Crippen molar-refractivity contribution in [3.63, 3.8) is 0 Å². The molecule has 0 saturated carbocycles. The van der Waals surface area contributed by atoms with E-state index >= 15 is 0 Å². The molecule has 2 atom stereocenters. The Kier molecular flexibility index (Phi) is 6.35. The van der Waals surface area contributed by atoms with Gasteiger partial charge in [0, 0.05) is 37.9 Å². The van der Waals surface area contributed by atoms with Gasteiger partial charge in [-0.25, -0.2) is 0 Å². The number of ether oxygens (including phenoxy) is 1. The molecular weight excluding hydrogens is 338 g/mol. The average molecular weight is 367 g/mol. The van der Waals surface area contributed by atoms with Crippen molar-refractivity contribution in [1.29, 1.82) is 0 Å². The van der Waals surface area contributed by atoms with Gasteiger partial charge in [0.1, 0.15) is 5.75 Å². The van der Waals surface area contributed by atoms with Gasteiger partial charge in [0.25, 0.3) is 0 Å². The highest BCUT2D eigenvalue weighted by molar-refractivity contribution is 5.81. The fourth-order valence-electron chi connectivity index (χ4n) is 3.50. The molecule has 2 aromatic rings. The second kappa shape index (κ2) is 8.91. The maximum Gasteiger partial charge on any atom is 0.237 e. The molecule has 1 saturated heterocycles. The van der Waals surface area contributed by atoms with E-state index < -0.39 is 0 Å². The van der Waals surface area contributed by atoms with Crippen molar-refractivity contribution in [2.45, 2.75) is 25.9 Å². The molecule has 0 aliphatic carbocycles. The Bertz CT molecular complexity index is 742. The van der Waals surface area contributed by atoms with E-state index in [2.05, 4.69) is 27.2 Å². The van der Waals surface area contributed by atoms with Crippen LogP contribution in [0.4, 0.5) is 5.69 Å². The summed E-state index contributed by atoms with van der Waals surface area (Å²) in [5.74, 6) is 0.957. The number of carbonyl (C=O) groups is 1. The Labute approximate surface area is 161 Å². The van der Waals surface area contributed by atoms with Crippen LogP contribution in [0.5, 0.6) is 5.75 Å². The summed E-state index contributed by atoms with van der Waals surface area (Å²) in [6, 6.07) is 18.1. The number of anilines is 1. The minimum atomic E-state index is -0.136. The van der Waals surface area contributed by atoms with Crippen molar-refractivity contribution in [3.8, 4) is 5.75 Å². The fourth-order valence-corrected chi connectivity index (χ4v) is 3.50. The number of hydrogen-bond donors (Lipinski definition) is 1. The van der Waals surface area contributed by atoms with Crippen LogP contribution in [0.15, 0.2) is 54.6 Å². The van der Waals surface area contributed by atoms with Crippen LogP contribution in [0.25, 0.3) is 0 Å². The van der Waals surface area contributed by atoms with Crippen molar-refractivity contribution >= 4 is 11.6 Å². The third-order valence-electron chi connectivity index (χ3n) is 5.32. The van der Waals surface area contributed by atoms with Crippen LogP contribution in [0.2, 0.25) is 0 Å². The van der Waals surface area contributed by atoms with Gasteiger partial charge < -0.3 is 15.0 Å². The van der Waals surface area contributed by atoms with E-state index in [-0.39, 0.29) is 18.0 Å². The molecule has 5 heteroatoms. The lowest BCUT2D eigenvalue weighted by molar-refractivity contribution is -0.126. The molecule has 2 aromatic carbocycles. The average Bonchev–Trinajstić information content (AvgIpc) is 2.74. The first-order valence-corrected chi connectivity index (χ1v) is 9.57. The van der Waals surface area contributed by atoms with Crippen LogP contribution in [0.3, 0.4) is 0 Å². The Morgan fingerprint density at radius 2 is 1.70 bits per heavy atom. The van der Waals surface area contributed by atoms with E-state index in [4.69, 9.17) is 4.74 Å². The number of piperazine rings is 1. The Hall–Kier alpha value is -2.53. The highest BCUT2D eigenvalue weighted by Gasteiger charge is 2.26. The van der Waals surface area contributed by atoms with E-state index in [1.807, 2.05) is 56.3 Å². The summed E-state index contributed by atoms with van der Waals surface area (Å²) >= 11 is 0. The first-order chi connectivity index (χ1) is 13.1. The van der Waals surface area contributed by atoms with Crippen LogP contribution < -0.4 is 15.0 Å². The van der Waals surface area contributed by atoms with Gasteiger partial charge >= 0.3 is 0 Å². The summed E-state index contributed by atoms with van der Waals surface area (Å²) in [5, 5.41) is 3.14. The molecule has 1 aliphatic heterocycles. The molecule has 1 fully saturated rings. The molecule has 0 spiro atoms. The topological polar surface area (TPSA) is 44.8 Å². The summed E-state index contributed by atoms with van der Waals surface area (Å²) in [5.41, 5.74) is 2.30. The van der Waals surface area contributed by atoms with Crippen molar-refractivity contribution in [2.75, 3.05) is 38.2 Å². The Morgan fingerprint density at radius 3 is 2.37 bits per heavy atom. The number of rotatable bonds is 6. The summed E-state index contributed by atoms with van der Waals surface area (Å²) in [6.45, 7) is 7.56. The summed E-state index contributed by atoms with van der Waals surface area (Å²) in [7, 11) is 1.69. The van der Waals surface area contributed by atoms with E-state index in [1.165, 1.54) is 5.69 Å². The molecule has 144 valence electrons. The van der Waals surface area contributed by atoms with Gasteiger partial charge in [0.2, 0.25) is 5.91 Å². The highest BCUT2D eigenvalue weighted by Crippen LogP contribution is 2.22. The maximum absolute atomic E-state index is 12.7. The molecule has 0 aromatic heterocycles. The van der Waals surface area contributed by atoms with Gasteiger partial charge in [-0.3, -0.25) is 9.69 Å². The van der Waals surface area contributed by atoms with Gasteiger partial charge in [0.15, 0.2) is 0 Å². The minimum Gasteiger partial charge on any atom is -0.497 e. The lowest BCUT2D eigenvalue weighted by Crippen LogP contribution is -2.54. The maximum atomic E-state index is 12.7. The number of amides is 1. The molecule has 3 rings (SSSR count). The number of benzene rings is 2. The fraction of sp³-hybridized carbons (Fsp3) is 0.409. The second-order valence-corrected chi connectivity index (χ2v) is 7.04. The van der Waals surface area contributed by atoms with E-state index in [0.29, 0.717) is 0 Å². The lowest BCUT2D eigenvalue weighted by Gasteiger charge is -2.38. The molecule has 1 heterocycles. The van der Waals surface area contributed by atoms with Crippen LogP contribution in [-0.2, 0) is 4.79 Å². The first-order valence-electron chi connectivity index (χ1n) is 9.57. The van der Waals surface area contributed by atoms with Crippen LogP contribution in [-0.4, -0.2) is 50.1 Å². The van der Waals surface area contributed by atoms with Crippen LogP contribution >= 0.6 is 0 Å². The third-order valence-corrected chi connectivity index (χ3v) is 5.32. The van der Waals surface area contributed by atoms with Gasteiger partial charge in [-0.15, -0.1) is 0 Å². The summed E-state index contributed by atoms with van der Waals surface area (Å²) < 4.78 is 5.32. The van der Waals surface area contributed by atoms with Gasteiger partial charge in [-0.2, -0.15) is 0 Å². The number of nitrogens with one attached hydrogen (secondary N) is 1. The minimum absolute atomic E-state index is 0.0132. The predicted molar refractivity (Wildman–Crippen MR) is 109 cm³/mol. The molecule has 1 N–H and O–H groups in total. The normalized spacial score (nSPS) is 17.2. The molecular formula is C22H29N3O2. The molecule has 0 bridgehead atoms. The molecule has 0 radical (unpaired) electrons. The van der Waals surface area contributed by atoms with Gasteiger partial charge in [0.05, 0.1) is 19.2 Å². The zero-order valence-corrected chi connectivity index (χ0v) is 16.4. The monoisotopic (exact) mass is 367 g/mol. The molecule has 0 unspecified atom stereocenters. The number of nitrogens with zero attached hydrogens (tertiary/aromatic N) is 2. The quantitative estimate of drug-likeness (QED) is 0.852. The number of methoxy groups -OCH3 is 1. The molecule has 1 amide bonds. The number of hydrogen-bond acceptors (Lipinski definition) is 4. The third kappa shape index (κ3) is 4.80. The van der Waals surface area contributed by atoms with E-state index in [1.54, 1.807) is 7.11 Å². The first kappa shape index (κ1) is 19.2. The zero-order chi connectivity index (χ0) is 19.2. The zero-order valence-electron chi connectivity index (χ0n) is 16.4.